The number of aliphatic hydroxyl groups excluding tert-OH is 3. The van der Waals surface area contributed by atoms with Crippen LogP contribution in [-0.4, -0.2) is 33.6 Å². The maximum Gasteiger partial charge on any atom is 0.106 e. The fraction of sp³-hybridized carbons (Fsp3) is 1.00. The third-order valence-corrected chi connectivity index (χ3v) is 2.61. The Morgan fingerprint density at radius 2 is 1.18 bits per heavy atom. The smallest absolute Gasteiger partial charge is 0.106 e. The minimum Gasteiger partial charge on any atom is -0.390 e. The molecule has 1 rings (SSSR count). The molecule has 0 spiro atoms. The van der Waals surface area contributed by atoms with Crippen LogP contribution in [0.1, 0.15) is 20.3 Å². The van der Waals surface area contributed by atoms with Crippen molar-refractivity contribution < 1.29 is 15.3 Å². The SMILES string of the molecule is CC1C[C@H](C)C(O)C(O)[C@@H]1O. The zero-order chi connectivity index (χ0) is 8.59. The molecule has 0 aromatic rings. The highest BCUT2D eigenvalue weighted by atomic mass is 16.4. The molecule has 1 aliphatic rings. The molecule has 66 valence electrons. The van der Waals surface area contributed by atoms with Crippen LogP contribution in [0.2, 0.25) is 0 Å². The highest BCUT2D eigenvalue weighted by molar-refractivity contribution is 4.88. The van der Waals surface area contributed by atoms with Gasteiger partial charge in [0, 0.05) is 0 Å². The standard InChI is InChI=1S/C8H16O3/c1-4-3-5(2)7(10)8(11)6(4)9/h4-11H,3H2,1-2H3/t4-,5?,6?,7+,8?/m0/s1. The Balaban J connectivity index is 2.63. The van der Waals surface area contributed by atoms with Gasteiger partial charge in [0.05, 0.1) is 12.2 Å². The summed E-state index contributed by atoms with van der Waals surface area (Å²) in [5.74, 6) is 0.173. The van der Waals surface area contributed by atoms with Crippen LogP contribution in [-0.2, 0) is 0 Å². The van der Waals surface area contributed by atoms with Crippen LogP contribution in [0.25, 0.3) is 0 Å². The third kappa shape index (κ3) is 1.55. The van der Waals surface area contributed by atoms with E-state index in [1.54, 1.807) is 0 Å². The highest BCUT2D eigenvalue weighted by Crippen LogP contribution is 2.29. The summed E-state index contributed by atoms with van der Waals surface area (Å²) in [6.07, 6.45) is -1.71. The fourth-order valence-electron chi connectivity index (χ4n) is 1.74. The van der Waals surface area contributed by atoms with Gasteiger partial charge in [-0.15, -0.1) is 0 Å². The monoisotopic (exact) mass is 160 g/mol. The highest BCUT2D eigenvalue weighted by Gasteiger charge is 2.38. The minimum absolute atomic E-state index is 0.0865. The normalized spacial score (nSPS) is 52.6. The van der Waals surface area contributed by atoms with E-state index in [2.05, 4.69) is 0 Å². The average Bonchev–Trinajstić information content (AvgIpc) is 1.97. The first-order chi connectivity index (χ1) is 5.04. The van der Waals surface area contributed by atoms with Gasteiger partial charge in [0.25, 0.3) is 0 Å². The molecule has 5 atom stereocenters. The van der Waals surface area contributed by atoms with Crippen LogP contribution in [0, 0.1) is 11.8 Å². The Labute approximate surface area is 66.7 Å². The van der Waals surface area contributed by atoms with Gasteiger partial charge >= 0.3 is 0 Å². The van der Waals surface area contributed by atoms with E-state index in [-0.39, 0.29) is 11.8 Å². The van der Waals surface area contributed by atoms with Crippen LogP contribution >= 0.6 is 0 Å². The van der Waals surface area contributed by atoms with Gasteiger partial charge in [-0.05, 0) is 18.3 Å². The van der Waals surface area contributed by atoms with E-state index in [0.29, 0.717) is 0 Å². The van der Waals surface area contributed by atoms with Crippen molar-refractivity contribution in [2.75, 3.05) is 0 Å². The predicted octanol–water partition coefficient (Wildman–Crippen LogP) is -0.255. The molecule has 1 fully saturated rings. The van der Waals surface area contributed by atoms with E-state index < -0.39 is 18.3 Å². The van der Waals surface area contributed by atoms with E-state index in [1.165, 1.54) is 0 Å². The van der Waals surface area contributed by atoms with Crippen molar-refractivity contribution in [3.63, 3.8) is 0 Å². The quantitative estimate of drug-likeness (QED) is 0.458. The zero-order valence-corrected chi connectivity index (χ0v) is 6.94. The Hall–Kier alpha value is -0.120. The molecule has 0 heterocycles. The fourth-order valence-corrected chi connectivity index (χ4v) is 1.74. The van der Waals surface area contributed by atoms with Gasteiger partial charge in [-0.2, -0.15) is 0 Å². The predicted molar refractivity (Wildman–Crippen MR) is 41.0 cm³/mol. The third-order valence-electron chi connectivity index (χ3n) is 2.61. The molecule has 0 aromatic carbocycles. The van der Waals surface area contributed by atoms with E-state index in [4.69, 9.17) is 0 Å². The lowest BCUT2D eigenvalue weighted by atomic mass is 9.77. The molecule has 0 radical (unpaired) electrons. The summed E-state index contributed by atoms with van der Waals surface area (Å²) in [5.41, 5.74) is 0. The van der Waals surface area contributed by atoms with Crippen molar-refractivity contribution in [2.24, 2.45) is 11.8 Å². The molecule has 11 heavy (non-hydrogen) atoms. The van der Waals surface area contributed by atoms with Crippen LogP contribution in [0.3, 0.4) is 0 Å². The largest absolute Gasteiger partial charge is 0.390 e. The number of rotatable bonds is 0. The van der Waals surface area contributed by atoms with E-state index in [1.807, 2.05) is 13.8 Å². The van der Waals surface area contributed by atoms with Crippen molar-refractivity contribution in [1.29, 1.82) is 0 Å². The van der Waals surface area contributed by atoms with Crippen molar-refractivity contribution in [1.82, 2.24) is 0 Å². The minimum atomic E-state index is -0.964. The molecular formula is C8H16O3. The Morgan fingerprint density at radius 1 is 0.818 bits per heavy atom. The summed E-state index contributed by atoms with van der Waals surface area (Å²) in [6, 6.07) is 0. The van der Waals surface area contributed by atoms with Crippen molar-refractivity contribution in [3.05, 3.63) is 0 Å². The molecule has 3 unspecified atom stereocenters. The maximum atomic E-state index is 9.32. The van der Waals surface area contributed by atoms with Crippen molar-refractivity contribution >= 4 is 0 Å². The topological polar surface area (TPSA) is 60.7 Å². The summed E-state index contributed by atoms with van der Waals surface area (Å²) < 4.78 is 0. The number of aliphatic hydroxyl groups is 3. The van der Waals surface area contributed by atoms with Gasteiger partial charge in [-0.1, -0.05) is 13.8 Å². The summed E-state index contributed by atoms with van der Waals surface area (Å²) in [4.78, 5) is 0. The van der Waals surface area contributed by atoms with Gasteiger partial charge in [0.15, 0.2) is 0 Å². The molecule has 3 heteroatoms. The second kappa shape index (κ2) is 3.09. The Bertz CT molecular complexity index is 123. The van der Waals surface area contributed by atoms with Crippen LogP contribution in [0.4, 0.5) is 0 Å². The summed E-state index contributed by atoms with van der Waals surface area (Å²) in [6.45, 7) is 3.77. The summed E-state index contributed by atoms with van der Waals surface area (Å²) in [7, 11) is 0. The lowest BCUT2D eigenvalue weighted by Gasteiger charge is -2.37. The molecule has 0 bridgehead atoms. The van der Waals surface area contributed by atoms with Crippen LogP contribution < -0.4 is 0 Å². The molecule has 0 amide bonds. The Kier molecular flexibility index (Phi) is 2.52. The Morgan fingerprint density at radius 3 is 1.55 bits per heavy atom. The molecule has 0 aromatic heterocycles. The summed E-state index contributed by atoms with van der Waals surface area (Å²) in [5, 5.41) is 27.9. The summed E-state index contributed by atoms with van der Waals surface area (Å²) >= 11 is 0. The molecule has 3 N–H and O–H groups in total. The van der Waals surface area contributed by atoms with E-state index >= 15 is 0 Å². The average molecular weight is 160 g/mol. The zero-order valence-electron chi connectivity index (χ0n) is 6.94. The van der Waals surface area contributed by atoms with Gasteiger partial charge in [-0.25, -0.2) is 0 Å². The molecular weight excluding hydrogens is 144 g/mol. The second-order valence-electron chi connectivity index (χ2n) is 3.66. The molecule has 1 aliphatic carbocycles. The lowest BCUT2D eigenvalue weighted by molar-refractivity contribution is -0.127. The van der Waals surface area contributed by atoms with Crippen molar-refractivity contribution in [3.8, 4) is 0 Å². The molecule has 3 nitrogen and oxygen atoms in total. The maximum absolute atomic E-state index is 9.32. The molecule has 0 aliphatic heterocycles. The van der Waals surface area contributed by atoms with Gasteiger partial charge in [0.1, 0.15) is 6.10 Å². The molecule has 0 saturated heterocycles. The van der Waals surface area contributed by atoms with Gasteiger partial charge in [-0.3, -0.25) is 0 Å². The van der Waals surface area contributed by atoms with E-state index in [0.717, 1.165) is 6.42 Å². The van der Waals surface area contributed by atoms with Crippen LogP contribution in [0.15, 0.2) is 0 Å². The van der Waals surface area contributed by atoms with Gasteiger partial charge < -0.3 is 15.3 Å². The lowest BCUT2D eigenvalue weighted by Crippen LogP contribution is -2.49. The number of hydrogen-bond donors (Lipinski definition) is 3. The van der Waals surface area contributed by atoms with E-state index in [9.17, 15) is 15.3 Å². The first-order valence-corrected chi connectivity index (χ1v) is 4.08. The van der Waals surface area contributed by atoms with Crippen molar-refractivity contribution in [2.45, 2.75) is 38.6 Å². The second-order valence-corrected chi connectivity index (χ2v) is 3.66. The first-order valence-electron chi connectivity index (χ1n) is 4.08. The number of hydrogen-bond acceptors (Lipinski definition) is 3. The van der Waals surface area contributed by atoms with Gasteiger partial charge in [0.2, 0.25) is 0 Å². The molecule has 1 saturated carbocycles. The first kappa shape index (κ1) is 8.97. The van der Waals surface area contributed by atoms with Crippen LogP contribution in [0.5, 0.6) is 0 Å².